The van der Waals surface area contributed by atoms with E-state index in [1.807, 2.05) is 11.3 Å². The highest BCUT2D eigenvalue weighted by Gasteiger charge is 2.17. The third-order valence-corrected chi connectivity index (χ3v) is 7.74. The fraction of sp³-hybridized carbons (Fsp3) is 0.280. The minimum absolute atomic E-state index is 0.763. The van der Waals surface area contributed by atoms with Crippen LogP contribution in [0.25, 0.3) is 42.0 Å². The zero-order chi connectivity index (χ0) is 18.0. The van der Waals surface area contributed by atoms with Crippen molar-refractivity contribution in [2.24, 2.45) is 7.05 Å². The highest BCUT2D eigenvalue weighted by Crippen LogP contribution is 2.41. The van der Waals surface area contributed by atoms with Crippen LogP contribution in [0.15, 0.2) is 54.6 Å². The molecule has 1 aliphatic carbocycles. The molecule has 2 aromatic heterocycles. The zero-order valence-corrected chi connectivity index (χ0v) is 16.5. The van der Waals surface area contributed by atoms with Crippen molar-refractivity contribution in [3.8, 4) is 0 Å². The zero-order valence-electron chi connectivity index (χ0n) is 15.7. The quantitative estimate of drug-likeness (QED) is 0.285. The molecule has 0 bridgehead atoms. The van der Waals surface area contributed by atoms with E-state index in [4.69, 9.17) is 0 Å². The van der Waals surface area contributed by atoms with Crippen molar-refractivity contribution in [3.05, 3.63) is 60.2 Å². The number of benzene rings is 3. The fourth-order valence-electron chi connectivity index (χ4n) is 5.14. The fourth-order valence-corrected chi connectivity index (χ4v) is 6.24. The second-order valence-electron chi connectivity index (χ2n) is 8.13. The summed E-state index contributed by atoms with van der Waals surface area (Å²) in [7, 11) is 2.19. The number of para-hydroxylation sites is 1. The van der Waals surface area contributed by atoms with Gasteiger partial charge in [-0.05, 0) is 54.7 Å². The summed E-state index contributed by atoms with van der Waals surface area (Å²) in [6.45, 7) is 0. The second kappa shape index (κ2) is 5.84. The summed E-state index contributed by atoms with van der Waals surface area (Å²) in [5.74, 6) is 0.763. The summed E-state index contributed by atoms with van der Waals surface area (Å²) >= 11 is 1.94. The van der Waals surface area contributed by atoms with Gasteiger partial charge in [-0.3, -0.25) is 0 Å². The van der Waals surface area contributed by atoms with Crippen LogP contribution in [0, 0.1) is 0 Å². The van der Waals surface area contributed by atoms with Crippen LogP contribution < -0.4 is 0 Å². The van der Waals surface area contributed by atoms with Crippen molar-refractivity contribution < 1.29 is 0 Å². The molecule has 0 saturated heterocycles. The van der Waals surface area contributed by atoms with Gasteiger partial charge in [0.05, 0.1) is 5.52 Å². The first kappa shape index (κ1) is 15.7. The highest BCUT2D eigenvalue weighted by atomic mass is 32.1. The van der Waals surface area contributed by atoms with Gasteiger partial charge in [0.1, 0.15) is 0 Å². The maximum atomic E-state index is 2.50. The molecule has 0 spiro atoms. The molecule has 0 radical (unpaired) electrons. The Morgan fingerprint density at radius 2 is 1.56 bits per heavy atom. The average Bonchev–Trinajstić information content (AvgIpc) is 3.22. The van der Waals surface area contributed by atoms with E-state index in [2.05, 4.69) is 66.2 Å². The van der Waals surface area contributed by atoms with E-state index in [0.717, 1.165) is 5.92 Å². The lowest BCUT2D eigenvalue weighted by Crippen LogP contribution is -2.03. The summed E-state index contributed by atoms with van der Waals surface area (Å²) < 4.78 is 5.16. The summed E-state index contributed by atoms with van der Waals surface area (Å²) in [5.41, 5.74) is 4.21. The number of rotatable bonds is 1. The molecular weight excluding hydrogens is 346 g/mol. The van der Waals surface area contributed by atoms with E-state index in [1.165, 1.54) is 74.1 Å². The molecule has 0 unspecified atom stereocenters. The first-order valence-corrected chi connectivity index (χ1v) is 10.9. The van der Waals surface area contributed by atoms with Crippen molar-refractivity contribution in [2.75, 3.05) is 0 Å². The number of nitrogens with zero attached hydrogens (tertiary/aromatic N) is 1. The first-order chi connectivity index (χ1) is 13.3. The van der Waals surface area contributed by atoms with Crippen molar-refractivity contribution in [1.82, 2.24) is 4.57 Å². The third-order valence-electron chi connectivity index (χ3n) is 6.61. The van der Waals surface area contributed by atoms with Gasteiger partial charge in [-0.1, -0.05) is 43.5 Å². The SMILES string of the molecule is Cn1c2ccccc2c2cc3c(cc21)sc1ccc(C2CCCCC2)cc13. The minimum Gasteiger partial charge on any atom is -0.344 e. The van der Waals surface area contributed by atoms with Gasteiger partial charge < -0.3 is 4.57 Å². The van der Waals surface area contributed by atoms with Crippen LogP contribution >= 0.6 is 11.3 Å². The van der Waals surface area contributed by atoms with E-state index in [0.29, 0.717) is 0 Å². The van der Waals surface area contributed by atoms with Crippen molar-refractivity contribution in [2.45, 2.75) is 38.0 Å². The lowest BCUT2D eigenvalue weighted by Gasteiger charge is -2.22. The van der Waals surface area contributed by atoms with E-state index in [-0.39, 0.29) is 0 Å². The van der Waals surface area contributed by atoms with Gasteiger partial charge in [-0.2, -0.15) is 0 Å². The van der Waals surface area contributed by atoms with Gasteiger partial charge >= 0.3 is 0 Å². The molecule has 1 fully saturated rings. The van der Waals surface area contributed by atoms with Gasteiger partial charge in [0.25, 0.3) is 0 Å². The predicted octanol–water partition coefficient (Wildman–Crippen LogP) is 7.75. The maximum absolute atomic E-state index is 2.50. The van der Waals surface area contributed by atoms with Crippen LogP contribution in [-0.2, 0) is 7.05 Å². The Bertz CT molecular complexity index is 1310. The molecule has 2 heteroatoms. The number of hydrogen-bond acceptors (Lipinski definition) is 1. The average molecular weight is 370 g/mol. The molecule has 5 aromatic rings. The van der Waals surface area contributed by atoms with Crippen LogP contribution in [0.5, 0.6) is 0 Å². The molecule has 3 aromatic carbocycles. The molecule has 2 heterocycles. The standard InChI is InChI=1S/C25H23NS/c1-26-22-10-6-5-9-18(22)19-14-21-20-13-17(16-7-3-2-4-8-16)11-12-24(20)27-25(21)15-23(19)26/h5-6,9-16H,2-4,7-8H2,1H3. The van der Waals surface area contributed by atoms with Gasteiger partial charge in [-0.15, -0.1) is 11.3 Å². The Balaban J connectivity index is 1.64. The Kier molecular flexibility index (Phi) is 3.40. The monoisotopic (exact) mass is 369 g/mol. The summed E-state index contributed by atoms with van der Waals surface area (Å²) in [4.78, 5) is 0. The molecule has 1 nitrogen and oxygen atoms in total. The number of thiophene rings is 1. The topological polar surface area (TPSA) is 4.93 Å². The van der Waals surface area contributed by atoms with Crippen molar-refractivity contribution in [3.63, 3.8) is 0 Å². The molecule has 6 rings (SSSR count). The number of fused-ring (bicyclic) bond motifs is 6. The van der Waals surface area contributed by atoms with Gasteiger partial charge in [0.15, 0.2) is 0 Å². The minimum atomic E-state index is 0.763. The number of aromatic nitrogens is 1. The van der Waals surface area contributed by atoms with E-state index in [9.17, 15) is 0 Å². The Morgan fingerprint density at radius 1 is 0.741 bits per heavy atom. The van der Waals surface area contributed by atoms with Crippen molar-refractivity contribution in [1.29, 1.82) is 0 Å². The molecule has 1 saturated carbocycles. The van der Waals surface area contributed by atoms with Crippen LogP contribution in [0.3, 0.4) is 0 Å². The maximum Gasteiger partial charge on any atom is 0.0503 e. The van der Waals surface area contributed by atoms with Crippen LogP contribution in [-0.4, -0.2) is 4.57 Å². The Morgan fingerprint density at radius 3 is 2.44 bits per heavy atom. The van der Waals surface area contributed by atoms with Crippen LogP contribution in [0.1, 0.15) is 43.6 Å². The second-order valence-corrected chi connectivity index (χ2v) is 9.22. The summed E-state index contributed by atoms with van der Waals surface area (Å²) in [6.07, 6.45) is 6.93. The normalized spacial score (nSPS) is 16.2. The molecular formula is C25H23NS. The molecule has 0 amide bonds. The smallest absolute Gasteiger partial charge is 0.0503 e. The molecule has 0 N–H and O–H groups in total. The third kappa shape index (κ3) is 2.29. The van der Waals surface area contributed by atoms with Gasteiger partial charge in [-0.25, -0.2) is 0 Å². The van der Waals surface area contributed by atoms with Crippen LogP contribution in [0.4, 0.5) is 0 Å². The molecule has 1 aliphatic rings. The van der Waals surface area contributed by atoms with Gasteiger partial charge in [0, 0.05) is 43.5 Å². The molecule has 0 aliphatic heterocycles. The number of hydrogen-bond donors (Lipinski definition) is 0. The van der Waals surface area contributed by atoms with Crippen LogP contribution in [0.2, 0.25) is 0 Å². The summed E-state index contributed by atoms with van der Waals surface area (Å²) in [6, 6.07) is 20.9. The van der Waals surface area contributed by atoms with Crippen molar-refractivity contribution >= 4 is 53.3 Å². The Hall–Kier alpha value is -2.32. The Labute approximate surface area is 163 Å². The highest BCUT2D eigenvalue weighted by molar-refractivity contribution is 7.25. The lowest BCUT2D eigenvalue weighted by atomic mass is 9.84. The van der Waals surface area contributed by atoms with E-state index < -0.39 is 0 Å². The molecule has 27 heavy (non-hydrogen) atoms. The summed E-state index contributed by atoms with van der Waals surface area (Å²) in [5, 5.41) is 5.62. The lowest BCUT2D eigenvalue weighted by molar-refractivity contribution is 0.444. The number of aryl methyl sites for hydroxylation is 1. The predicted molar refractivity (Wildman–Crippen MR) is 119 cm³/mol. The first-order valence-electron chi connectivity index (χ1n) is 10.1. The van der Waals surface area contributed by atoms with Gasteiger partial charge in [0.2, 0.25) is 0 Å². The van der Waals surface area contributed by atoms with E-state index in [1.54, 1.807) is 5.56 Å². The molecule has 0 atom stereocenters. The van der Waals surface area contributed by atoms with E-state index >= 15 is 0 Å². The largest absolute Gasteiger partial charge is 0.344 e. The molecule has 134 valence electrons.